The van der Waals surface area contributed by atoms with E-state index in [0.717, 1.165) is 24.2 Å². The van der Waals surface area contributed by atoms with Gasteiger partial charge in [-0.15, -0.1) is 0 Å². The Bertz CT molecular complexity index is 361. The minimum absolute atomic E-state index is 0.678. The van der Waals surface area contributed by atoms with Crippen LogP contribution < -0.4 is 11.5 Å². The molecule has 0 saturated heterocycles. The van der Waals surface area contributed by atoms with Crippen molar-refractivity contribution in [1.29, 1.82) is 0 Å². The first kappa shape index (κ1) is 14.3. The van der Waals surface area contributed by atoms with Crippen LogP contribution in [0, 0.1) is 0 Å². The summed E-state index contributed by atoms with van der Waals surface area (Å²) in [6, 6.07) is 11.7. The fourth-order valence-electron chi connectivity index (χ4n) is 1.39. The van der Waals surface area contributed by atoms with E-state index in [9.17, 15) is 0 Å². The minimum Gasteiger partial charge on any atom is -0.330 e. The molecule has 96 valence electrons. The van der Waals surface area contributed by atoms with Gasteiger partial charge in [0.1, 0.15) is 0 Å². The topological polar surface area (TPSA) is 77.8 Å². The average molecular weight is 244 g/mol. The second-order valence-electron chi connectivity index (χ2n) is 3.72. The van der Waals surface area contributed by atoms with Crippen LogP contribution in [0.15, 0.2) is 48.8 Å². The molecule has 0 bridgehead atoms. The van der Waals surface area contributed by atoms with Gasteiger partial charge in [-0.2, -0.15) is 0 Å². The summed E-state index contributed by atoms with van der Waals surface area (Å²) in [5, 5.41) is 0. The summed E-state index contributed by atoms with van der Waals surface area (Å²) in [6.07, 6.45) is 5.32. The molecule has 4 N–H and O–H groups in total. The highest BCUT2D eigenvalue weighted by molar-refractivity contribution is 5.04. The number of hydrogen-bond donors (Lipinski definition) is 2. The Labute approximate surface area is 108 Å². The maximum Gasteiger partial charge on any atom is 0.0416 e. The molecule has 0 aromatic carbocycles. The van der Waals surface area contributed by atoms with Crippen molar-refractivity contribution >= 4 is 0 Å². The maximum atomic E-state index is 5.32. The Hall–Kier alpha value is -1.78. The molecule has 0 fully saturated rings. The third kappa shape index (κ3) is 6.08. The second-order valence-corrected chi connectivity index (χ2v) is 3.72. The average Bonchev–Trinajstić information content (AvgIpc) is 2.43. The Morgan fingerprint density at radius 2 is 1.17 bits per heavy atom. The Balaban J connectivity index is 0.000000180. The lowest BCUT2D eigenvalue weighted by atomic mass is 10.3. The molecule has 0 aliphatic rings. The molecule has 2 aromatic rings. The molecular formula is C14H20N4. The van der Waals surface area contributed by atoms with Crippen LogP contribution in [0.5, 0.6) is 0 Å². The number of hydrogen-bond acceptors (Lipinski definition) is 4. The van der Waals surface area contributed by atoms with Gasteiger partial charge < -0.3 is 11.5 Å². The van der Waals surface area contributed by atoms with E-state index in [2.05, 4.69) is 9.97 Å². The fourth-order valence-corrected chi connectivity index (χ4v) is 1.39. The summed E-state index contributed by atoms with van der Waals surface area (Å²) in [4.78, 5) is 8.18. The molecule has 0 spiro atoms. The largest absolute Gasteiger partial charge is 0.330 e. The van der Waals surface area contributed by atoms with E-state index in [4.69, 9.17) is 11.5 Å². The van der Waals surface area contributed by atoms with Crippen LogP contribution >= 0.6 is 0 Å². The number of rotatable bonds is 4. The van der Waals surface area contributed by atoms with E-state index in [-0.39, 0.29) is 0 Å². The van der Waals surface area contributed by atoms with Crippen molar-refractivity contribution in [1.82, 2.24) is 9.97 Å². The fraction of sp³-hybridized carbons (Fsp3) is 0.286. The number of nitrogens with zero attached hydrogens (tertiary/aromatic N) is 2. The van der Waals surface area contributed by atoms with E-state index in [1.807, 2.05) is 36.4 Å². The number of pyridine rings is 2. The van der Waals surface area contributed by atoms with Crippen molar-refractivity contribution in [3.8, 4) is 0 Å². The summed E-state index contributed by atoms with van der Waals surface area (Å²) in [7, 11) is 0. The molecule has 0 amide bonds. The van der Waals surface area contributed by atoms with Gasteiger partial charge in [-0.25, -0.2) is 0 Å². The molecule has 2 rings (SSSR count). The zero-order valence-corrected chi connectivity index (χ0v) is 10.5. The molecule has 4 heteroatoms. The van der Waals surface area contributed by atoms with E-state index in [0.29, 0.717) is 13.1 Å². The quantitative estimate of drug-likeness (QED) is 0.846. The minimum atomic E-state index is 0.678. The molecule has 0 aliphatic carbocycles. The molecule has 0 aliphatic heterocycles. The smallest absolute Gasteiger partial charge is 0.0416 e. The van der Waals surface area contributed by atoms with E-state index in [1.54, 1.807) is 12.4 Å². The molecule has 2 aromatic heterocycles. The highest BCUT2D eigenvalue weighted by Gasteiger charge is 1.87. The number of aromatic nitrogens is 2. The molecule has 0 unspecified atom stereocenters. The van der Waals surface area contributed by atoms with Crippen molar-refractivity contribution in [2.75, 3.05) is 13.1 Å². The van der Waals surface area contributed by atoms with Gasteiger partial charge in [-0.1, -0.05) is 12.1 Å². The predicted octanol–water partition coefficient (Wildman–Crippen LogP) is 1.17. The van der Waals surface area contributed by atoms with E-state index >= 15 is 0 Å². The molecule has 18 heavy (non-hydrogen) atoms. The van der Waals surface area contributed by atoms with Crippen LogP contribution in [0.2, 0.25) is 0 Å². The van der Waals surface area contributed by atoms with Gasteiger partial charge in [-0.3, -0.25) is 9.97 Å². The van der Waals surface area contributed by atoms with Crippen molar-refractivity contribution in [2.24, 2.45) is 11.5 Å². The Kier molecular flexibility index (Phi) is 7.36. The standard InChI is InChI=1S/2C7H10N2/c2*8-5-4-7-3-1-2-6-9-7/h2*1-3,6H,4-5,8H2. The van der Waals surface area contributed by atoms with Crippen LogP contribution in [-0.4, -0.2) is 23.1 Å². The Morgan fingerprint density at radius 1 is 0.722 bits per heavy atom. The second kappa shape index (κ2) is 9.27. The van der Waals surface area contributed by atoms with Gasteiger partial charge in [0.15, 0.2) is 0 Å². The highest BCUT2D eigenvalue weighted by atomic mass is 14.7. The summed E-state index contributed by atoms with van der Waals surface area (Å²) in [5.41, 5.74) is 12.8. The molecule has 0 atom stereocenters. The zero-order chi connectivity index (χ0) is 13.1. The summed E-state index contributed by atoms with van der Waals surface area (Å²) in [6.45, 7) is 1.36. The van der Waals surface area contributed by atoms with Gasteiger partial charge in [0.25, 0.3) is 0 Å². The maximum absolute atomic E-state index is 5.32. The van der Waals surface area contributed by atoms with Crippen molar-refractivity contribution in [3.05, 3.63) is 60.2 Å². The summed E-state index contributed by atoms with van der Waals surface area (Å²) < 4.78 is 0. The molecule has 2 heterocycles. The van der Waals surface area contributed by atoms with E-state index in [1.165, 1.54) is 0 Å². The third-order valence-electron chi connectivity index (χ3n) is 2.25. The van der Waals surface area contributed by atoms with Crippen LogP contribution in [0.1, 0.15) is 11.4 Å². The monoisotopic (exact) mass is 244 g/mol. The van der Waals surface area contributed by atoms with Gasteiger partial charge in [-0.05, 0) is 37.4 Å². The molecule has 0 radical (unpaired) electrons. The van der Waals surface area contributed by atoms with Crippen LogP contribution in [0.3, 0.4) is 0 Å². The lowest BCUT2D eigenvalue weighted by molar-refractivity contribution is 0.923. The van der Waals surface area contributed by atoms with Crippen LogP contribution in [0.25, 0.3) is 0 Å². The van der Waals surface area contributed by atoms with Crippen LogP contribution in [0.4, 0.5) is 0 Å². The van der Waals surface area contributed by atoms with E-state index < -0.39 is 0 Å². The highest BCUT2D eigenvalue weighted by Crippen LogP contribution is 1.92. The Morgan fingerprint density at radius 3 is 1.44 bits per heavy atom. The predicted molar refractivity (Wildman–Crippen MR) is 74.0 cm³/mol. The molecule has 0 saturated carbocycles. The third-order valence-corrected chi connectivity index (χ3v) is 2.25. The lowest BCUT2D eigenvalue weighted by Crippen LogP contribution is -2.03. The van der Waals surface area contributed by atoms with Gasteiger partial charge >= 0.3 is 0 Å². The lowest BCUT2D eigenvalue weighted by Gasteiger charge is -1.92. The molecular weight excluding hydrogens is 224 g/mol. The summed E-state index contributed by atoms with van der Waals surface area (Å²) in [5.74, 6) is 0. The normalized spacial score (nSPS) is 9.44. The van der Waals surface area contributed by atoms with Gasteiger partial charge in [0.2, 0.25) is 0 Å². The first-order chi connectivity index (χ1) is 8.86. The van der Waals surface area contributed by atoms with Crippen molar-refractivity contribution in [3.63, 3.8) is 0 Å². The van der Waals surface area contributed by atoms with Crippen molar-refractivity contribution < 1.29 is 0 Å². The van der Waals surface area contributed by atoms with Crippen LogP contribution in [-0.2, 0) is 12.8 Å². The SMILES string of the molecule is NCCc1ccccn1.NCCc1ccccn1. The zero-order valence-electron chi connectivity index (χ0n) is 10.5. The molecule has 4 nitrogen and oxygen atoms in total. The first-order valence-corrected chi connectivity index (χ1v) is 6.06. The van der Waals surface area contributed by atoms with Gasteiger partial charge in [0, 0.05) is 36.6 Å². The number of nitrogens with two attached hydrogens (primary N) is 2. The summed E-state index contributed by atoms with van der Waals surface area (Å²) >= 11 is 0. The first-order valence-electron chi connectivity index (χ1n) is 6.06. The van der Waals surface area contributed by atoms with Crippen molar-refractivity contribution in [2.45, 2.75) is 12.8 Å². The van der Waals surface area contributed by atoms with Gasteiger partial charge in [0.05, 0.1) is 0 Å².